The second-order valence-corrected chi connectivity index (χ2v) is 4.87. The zero-order valence-electron chi connectivity index (χ0n) is 11.1. The number of ether oxygens (including phenoxy) is 1. The van der Waals surface area contributed by atoms with Gasteiger partial charge in [0.15, 0.2) is 0 Å². The van der Waals surface area contributed by atoms with Crippen molar-refractivity contribution < 1.29 is 9.84 Å². The minimum Gasteiger partial charge on any atom is -0.492 e. The summed E-state index contributed by atoms with van der Waals surface area (Å²) in [5, 5.41) is 13.8. The Balaban J connectivity index is 1.66. The fraction of sp³-hybridized carbons (Fsp3) is 0.250. The number of rotatable bonds is 7. The van der Waals surface area contributed by atoms with E-state index in [1.807, 2.05) is 42.5 Å². The van der Waals surface area contributed by atoms with Crippen LogP contribution in [0.3, 0.4) is 0 Å². The maximum atomic E-state index is 10.00. The van der Waals surface area contributed by atoms with Gasteiger partial charge in [-0.3, -0.25) is 0 Å². The van der Waals surface area contributed by atoms with E-state index in [1.54, 1.807) is 12.1 Å². The minimum atomic E-state index is -0.564. The van der Waals surface area contributed by atoms with Crippen LogP contribution in [-0.4, -0.2) is 24.8 Å². The molecule has 0 aromatic heterocycles. The average Bonchev–Trinajstić information content (AvgIpc) is 2.48. The van der Waals surface area contributed by atoms with Gasteiger partial charge in [-0.2, -0.15) is 0 Å². The molecule has 0 aliphatic heterocycles. The third kappa shape index (κ3) is 4.85. The van der Waals surface area contributed by atoms with Gasteiger partial charge < -0.3 is 15.2 Å². The minimum absolute atomic E-state index is 0.471. The monoisotopic (exact) mass is 291 g/mol. The number of hydrogen-bond acceptors (Lipinski definition) is 3. The molecular formula is C16H18ClNO2. The molecule has 0 fully saturated rings. The van der Waals surface area contributed by atoms with Crippen LogP contribution in [0.25, 0.3) is 0 Å². The van der Waals surface area contributed by atoms with Crippen LogP contribution in [0.5, 0.6) is 5.75 Å². The molecule has 0 spiro atoms. The van der Waals surface area contributed by atoms with Crippen LogP contribution in [-0.2, 0) is 0 Å². The molecule has 4 heteroatoms. The number of benzene rings is 2. The SMILES string of the molecule is OC(CNCCOc1ccccc1)c1cccc(Cl)c1. The first kappa shape index (κ1) is 14.9. The Kier molecular flexibility index (Phi) is 5.87. The van der Waals surface area contributed by atoms with E-state index < -0.39 is 6.10 Å². The van der Waals surface area contributed by atoms with Gasteiger partial charge in [0, 0.05) is 18.1 Å². The molecule has 20 heavy (non-hydrogen) atoms. The van der Waals surface area contributed by atoms with Crippen LogP contribution in [0.2, 0.25) is 5.02 Å². The van der Waals surface area contributed by atoms with Crippen molar-refractivity contribution in [3.05, 3.63) is 65.2 Å². The van der Waals surface area contributed by atoms with E-state index >= 15 is 0 Å². The second kappa shape index (κ2) is 7.90. The van der Waals surface area contributed by atoms with Gasteiger partial charge in [-0.25, -0.2) is 0 Å². The van der Waals surface area contributed by atoms with E-state index in [9.17, 15) is 5.11 Å². The third-order valence-corrected chi connectivity index (χ3v) is 3.10. The molecule has 3 nitrogen and oxygen atoms in total. The first-order chi connectivity index (χ1) is 9.75. The second-order valence-electron chi connectivity index (χ2n) is 4.44. The standard InChI is InChI=1S/C16H18ClNO2/c17-14-6-4-5-13(11-14)16(19)12-18-9-10-20-15-7-2-1-3-8-15/h1-8,11,16,18-19H,9-10,12H2. The predicted octanol–water partition coefficient (Wildman–Crippen LogP) is 3.04. The summed E-state index contributed by atoms with van der Waals surface area (Å²) in [6.07, 6.45) is -0.564. The molecule has 2 aromatic carbocycles. The largest absolute Gasteiger partial charge is 0.492 e. The van der Waals surface area contributed by atoms with E-state index in [4.69, 9.17) is 16.3 Å². The van der Waals surface area contributed by atoms with Crippen molar-refractivity contribution in [3.63, 3.8) is 0 Å². The van der Waals surface area contributed by atoms with Crippen LogP contribution in [0, 0.1) is 0 Å². The molecule has 2 N–H and O–H groups in total. The first-order valence-electron chi connectivity index (χ1n) is 6.58. The van der Waals surface area contributed by atoms with Gasteiger partial charge in [0.05, 0.1) is 6.10 Å². The normalized spacial score (nSPS) is 12.1. The smallest absolute Gasteiger partial charge is 0.119 e. The lowest BCUT2D eigenvalue weighted by Crippen LogP contribution is -2.26. The Morgan fingerprint density at radius 2 is 1.90 bits per heavy atom. The van der Waals surface area contributed by atoms with Crippen molar-refractivity contribution in [1.29, 1.82) is 0 Å². The number of halogens is 1. The molecule has 0 radical (unpaired) electrons. The Hall–Kier alpha value is -1.55. The first-order valence-corrected chi connectivity index (χ1v) is 6.95. The lowest BCUT2D eigenvalue weighted by molar-refractivity contribution is 0.172. The van der Waals surface area contributed by atoms with Gasteiger partial charge in [0.1, 0.15) is 12.4 Å². The highest BCUT2D eigenvalue weighted by molar-refractivity contribution is 6.30. The molecule has 2 rings (SSSR count). The average molecular weight is 292 g/mol. The van der Waals surface area contributed by atoms with Crippen molar-refractivity contribution in [3.8, 4) is 5.75 Å². The molecule has 0 aliphatic rings. The molecular weight excluding hydrogens is 274 g/mol. The van der Waals surface area contributed by atoms with Gasteiger partial charge in [0.2, 0.25) is 0 Å². The maximum absolute atomic E-state index is 10.00. The highest BCUT2D eigenvalue weighted by atomic mass is 35.5. The fourth-order valence-corrected chi connectivity index (χ4v) is 2.03. The topological polar surface area (TPSA) is 41.5 Å². The van der Waals surface area contributed by atoms with Crippen LogP contribution in [0.15, 0.2) is 54.6 Å². The van der Waals surface area contributed by atoms with Gasteiger partial charge in [-0.1, -0.05) is 41.9 Å². The number of aliphatic hydroxyl groups excluding tert-OH is 1. The summed E-state index contributed by atoms with van der Waals surface area (Å²) < 4.78 is 5.55. The zero-order chi connectivity index (χ0) is 14.2. The number of para-hydroxylation sites is 1. The fourth-order valence-electron chi connectivity index (χ4n) is 1.83. The molecule has 0 amide bonds. The van der Waals surface area contributed by atoms with E-state index in [1.165, 1.54) is 0 Å². The van der Waals surface area contributed by atoms with Gasteiger partial charge in [0.25, 0.3) is 0 Å². The summed E-state index contributed by atoms with van der Waals surface area (Å²) in [6.45, 7) is 1.71. The number of nitrogens with one attached hydrogen (secondary N) is 1. The van der Waals surface area contributed by atoms with Gasteiger partial charge in [-0.05, 0) is 29.8 Å². The summed E-state index contributed by atoms with van der Waals surface area (Å²) >= 11 is 5.89. The molecule has 2 aromatic rings. The number of hydrogen-bond donors (Lipinski definition) is 2. The van der Waals surface area contributed by atoms with Crippen LogP contribution in [0.1, 0.15) is 11.7 Å². The summed E-state index contributed by atoms with van der Waals surface area (Å²) in [4.78, 5) is 0. The van der Waals surface area contributed by atoms with Crippen LogP contribution >= 0.6 is 11.6 Å². The van der Waals surface area contributed by atoms with E-state index in [-0.39, 0.29) is 0 Å². The third-order valence-electron chi connectivity index (χ3n) is 2.86. The van der Waals surface area contributed by atoms with E-state index in [2.05, 4.69) is 5.32 Å². The molecule has 0 bridgehead atoms. The highest BCUT2D eigenvalue weighted by Gasteiger charge is 2.06. The Bertz CT molecular complexity index is 519. The molecule has 0 saturated carbocycles. The Morgan fingerprint density at radius 3 is 2.65 bits per heavy atom. The predicted molar refractivity (Wildman–Crippen MR) is 81.2 cm³/mol. The Labute approximate surface area is 124 Å². The van der Waals surface area contributed by atoms with Crippen molar-refractivity contribution >= 4 is 11.6 Å². The summed E-state index contributed by atoms with van der Waals surface area (Å²) in [6, 6.07) is 16.9. The van der Waals surface area contributed by atoms with Crippen LogP contribution in [0.4, 0.5) is 0 Å². The summed E-state index contributed by atoms with van der Waals surface area (Å²) in [5.74, 6) is 0.852. The number of aliphatic hydroxyl groups is 1. The van der Waals surface area contributed by atoms with Crippen molar-refractivity contribution in [2.24, 2.45) is 0 Å². The van der Waals surface area contributed by atoms with Gasteiger partial charge in [-0.15, -0.1) is 0 Å². The van der Waals surface area contributed by atoms with Crippen molar-refractivity contribution in [2.75, 3.05) is 19.7 Å². The Morgan fingerprint density at radius 1 is 1.10 bits per heavy atom. The lowest BCUT2D eigenvalue weighted by Gasteiger charge is -2.13. The molecule has 0 aliphatic carbocycles. The summed E-state index contributed by atoms with van der Waals surface area (Å²) in [5.41, 5.74) is 0.814. The molecule has 106 valence electrons. The molecule has 0 saturated heterocycles. The quantitative estimate of drug-likeness (QED) is 0.771. The molecule has 0 heterocycles. The van der Waals surface area contributed by atoms with Gasteiger partial charge >= 0.3 is 0 Å². The maximum Gasteiger partial charge on any atom is 0.119 e. The molecule has 1 unspecified atom stereocenters. The van der Waals surface area contributed by atoms with Crippen molar-refractivity contribution in [1.82, 2.24) is 5.32 Å². The highest BCUT2D eigenvalue weighted by Crippen LogP contribution is 2.16. The van der Waals surface area contributed by atoms with Crippen LogP contribution < -0.4 is 10.1 Å². The van der Waals surface area contributed by atoms with Crippen molar-refractivity contribution in [2.45, 2.75) is 6.10 Å². The summed E-state index contributed by atoms with van der Waals surface area (Å²) in [7, 11) is 0. The lowest BCUT2D eigenvalue weighted by atomic mass is 10.1. The molecule has 1 atom stereocenters. The zero-order valence-corrected chi connectivity index (χ0v) is 11.9. The van der Waals surface area contributed by atoms with E-state index in [0.29, 0.717) is 24.7 Å². The van der Waals surface area contributed by atoms with E-state index in [0.717, 1.165) is 11.3 Å².